The molecular weight excluding hydrogens is 292 g/mol. The lowest BCUT2D eigenvalue weighted by Gasteiger charge is -2.16. The van der Waals surface area contributed by atoms with E-state index < -0.39 is 23.7 Å². The molecular formula is C15H15F2N3O2. The average molecular weight is 307 g/mol. The van der Waals surface area contributed by atoms with E-state index in [2.05, 4.69) is 15.6 Å². The van der Waals surface area contributed by atoms with Crippen molar-refractivity contribution in [2.24, 2.45) is 0 Å². The molecule has 0 aliphatic carbocycles. The molecule has 0 bridgehead atoms. The number of nitrogens with one attached hydrogen (secondary N) is 3. The van der Waals surface area contributed by atoms with E-state index in [4.69, 9.17) is 0 Å². The second-order valence-electron chi connectivity index (χ2n) is 4.89. The molecule has 0 aliphatic heterocycles. The maximum absolute atomic E-state index is 13.2. The number of anilines is 1. The van der Waals surface area contributed by atoms with Crippen LogP contribution in [0.2, 0.25) is 0 Å². The standard InChI is InChI=1S/C15H15F2N3O2/c1-8-5-14(21)18-7-13(8)20-15(22)19-9(2)10-3-4-11(16)12(17)6-10/h3-7,9H,1-2H3,(H,18,21)(H2,19,20,22)/t9-/m1/s1. The van der Waals surface area contributed by atoms with E-state index in [9.17, 15) is 18.4 Å². The van der Waals surface area contributed by atoms with Crippen LogP contribution in [0.15, 0.2) is 35.3 Å². The average Bonchev–Trinajstić information content (AvgIpc) is 2.45. The fourth-order valence-electron chi connectivity index (χ4n) is 1.93. The highest BCUT2D eigenvalue weighted by molar-refractivity contribution is 5.90. The summed E-state index contributed by atoms with van der Waals surface area (Å²) in [4.78, 5) is 25.5. The van der Waals surface area contributed by atoms with Crippen LogP contribution in [0.1, 0.15) is 24.1 Å². The van der Waals surface area contributed by atoms with Crippen LogP contribution in [0.4, 0.5) is 19.3 Å². The second-order valence-corrected chi connectivity index (χ2v) is 4.89. The number of urea groups is 1. The van der Waals surface area contributed by atoms with Crippen LogP contribution >= 0.6 is 0 Å². The molecule has 0 spiro atoms. The molecule has 2 aromatic rings. The van der Waals surface area contributed by atoms with E-state index >= 15 is 0 Å². The fraction of sp³-hybridized carbons (Fsp3) is 0.200. The smallest absolute Gasteiger partial charge is 0.319 e. The Kier molecular flexibility index (Phi) is 4.55. The van der Waals surface area contributed by atoms with Gasteiger partial charge in [0.2, 0.25) is 5.56 Å². The van der Waals surface area contributed by atoms with Crippen molar-refractivity contribution >= 4 is 11.7 Å². The van der Waals surface area contributed by atoms with Gasteiger partial charge in [0.1, 0.15) is 0 Å². The van der Waals surface area contributed by atoms with E-state index in [1.54, 1.807) is 13.8 Å². The molecule has 2 amide bonds. The second kappa shape index (κ2) is 6.38. The van der Waals surface area contributed by atoms with Crippen molar-refractivity contribution in [3.63, 3.8) is 0 Å². The van der Waals surface area contributed by atoms with Gasteiger partial charge in [-0.2, -0.15) is 0 Å². The van der Waals surface area contributed by atoms with Gasteiger partial charge in [-0.3, -0.25) is 4.79 Å². The number of halogens is 2. The van der Waals surface area contributed by atoms with E-state index in [0.29, 0.717) is 16.8 Å². The van der Waals surface area contributed by atoms with Gasteiger partial charge in [0.15, 0.2) is 11.6 Å². The third-order valence-electron chi connectivity index (χ3n) is 3.17. The van der Waals surface area contributed by atoms with Crippen LogP contribution in [0, 0.1) is 18.6 Å². The molecule has 5 nitrogen and oxygen atoms in total. The Morgan fingerprint density at radius 2 is 1.95 bits per heavy atom. The van der Waals surface area contributed by atoms with Crippen LogP contribution in [0.3, 0.4) is 0 Å². The molecule has 3 N–H and O–H groups in total. The highest BCUT2D eigenvalue weighted by Crippen LogP contribution is 2.16. The Labute approximate surface area is 125 Å². The van der Waals surface area contributed by atoms with Gasteiger partial charge in [-0.15, -0.1) is 0 Å². The summed E-state index contributed by atoms with van der Waals surface area (Å²) in [5.41, 5.74) is 1.24. The van der Waals surface area contributed by atoms with Crippen molar-refractivity contribution < 1.29 is 13.6 Å². The summed E-state index contributed by atoms with van der Waals surface area (Å²) >= 11 is 0. The molecule has 2 rings (SSSR count). The van der Waals surface area contributed by atoms with Gasteiger partial charge < -0.3 is 15.6 Å². The highest BCUT2D eigenvalue weighted by atomic mass is 19.2. The number of carbonyl (C=O) groups excluding carboxylic acids is 1. The van der Waals surface area contributed by atoms with Crippen molar-refractivity contribution in [2.45, 2.75) is 19.9 Å². The summed E-state index contributed by atoms with van der Waals surface area (Å²) < 4.78 is 26.1. The van der Waals surface area contributed by atoms with Gasteiger partial charge in [0.05, 0.1) is 11.7 Å². The van der Waals surface area contributed by atoms with E-state index in [0.717, 1.165) is 12.1 Å². The molecule has 0 radical (unpaired) electrons. The molecule has 1 heterocycles. The zero-order chi connectivity index (χ0) is 16.3. The van der Waals surface area contributed by atoms with Crippen LogP contribution in [0.5, 0.6) is 0 Å². The SMILES string of the molecule is Cc1cc(=O)[nH]cc1NC(=O)N[C@H](C)c1ccc(F)c(F)c1. The van der Waals surface area contributed by atoms with E-state index in [-0.39, 0.29) is 5.56 Å². The normalized spacial score (nSPS) is 11.8. The number of rotatable bonds is 3. The highest BCUT2D eigenvalue weighted by Gasteiger charge is 2.12. The number of aryl methyl sites for hydroxylation is 1. The monoisotopic (exact) mass is 307 g/mol. The molecule has 1 aromatic heterocycles. The molecule has 1 aromatic carbocycles. The summed E-state index contributed by atoms with van der Waals surface area (Å²) in [5.74, 6) is -1.91. The lowest BCUT2D eigenvalue weighted by molar-refractivity contribution is 0.249. The zero-order valence-electron chi connectivity index (χ0n) is 12.0. The molecule has 7 heteroatoms. The minimum atomic E-state index is -0.969. The molecule has 116 valence electrons. The van der Waals surface area contributed by atoms with Crippen molar-refractivity contribution in [2.75, 3.05) is 5.32 Å². The number of hydrogen-bond donors (Lipinski definition) is 3. The maximum Gasteiger partial charge on any atom is 0.319 e. The first-order chi connectivity index (χ1) is 10.4. The summed E-state index contributed by atoms with van der Waals surface area (Å²) in [5, 5.41) is 5.18. The number of amides is 2. The van der Waals surface area contributed by atoms with Crippen LogP contribution in [0.25, 0.3) is 0 Å². The van der Waals surface area contributed by atoms with Crippen LogP contribution < -0.4 is 16.2 Å². The first-order valence-corrected chi connectivity index (χ1v) is 6.58. The summed E-state index contributed by atoms with van der Waals surface area (Å²) in [7, 11) is 0. The molecule has 0 unspecified atom stereocenters. The molecule has 22 heavy (non-hydrogen) atoms. The molecule has 0 saturated heterocycles. The number of aromatic nitrogens is 1. The van der Waals surface area contributed by atoms with Gasteiger partial charge >= 0.3 is 6.03 Å². The summed E-state index contributed by atoms with van der Waals surface area (Å²) in [6.07, 6.45) is 1.39. The van der Waals surface area contributed by atoms with Gasteiger partial charge in [0, 0.05) is 12.3 Å². The van der Waals surface area contributed by atoms with E-state index in [1.165, 1.54) is 18.3 Å². The first kappa shape index (κ1) is 15.7. The third kappa shape index (κ3) is 3.69. The third-order valence-corrected chi connectivity index (χ3v) is 3.17. The van der Waals surface area contributed by atoms with Gasteiger partial charge in [0.25, 0.3) is 0 Å². The maximum atomic E-state index is 13.2. The minimum absolute atomic E-state index is 0.265. The molecule has 0 aliphatic rings. The van der Waals surface area contributed by atoms with Crippen LogP contribution in [-0.2, 0) is 0 Å². The largest absolute Gasteiger partial charge is 0.331 e. The van der Waals surface area contributed by atoms with Crippen molar-refractivity contribution in [3.05, 3.63) is 63.6 Å². The summed E-state index contributed by atoms with van der Waals surface area (Å²) in [6.45, 7) is 3.33. The Morgan fingerprint density at radius 3 is 2.59 bits per heavy atom. The number of hydrogen-bond acceptors (Lipinski definition) is 2. The number of aromatic amines is 1. The lowest BCUT2D eigenvalue weighted by atomic mass is 10.1. The van der Waals surface area contributed by atoms with E-state index in [1.807, 2.05) is 0 Å². The first-order valence-electron chi connectivity index (χ1n) is 6.58. The lowest BCUT2D eigenvalue weighted by Crippen LogP contribution is -2.31. The zero-order valence-corrected chi connectivity index (χ0v) is 12.0. The Balaban J connectivity index is 2.04. The van der Waals surface area contributed by atoms with Crippen LogP contribution in [-0.4, -0.2) is 11.0 Å². The predicted molar refractivity (Wildman–Crippen MR) is 78.7 cm³/mol. The van der Waals surface area contributed by atoms with Crippen molar-refractivity contribution in [3.8, 4) is 0 Å². The number of H-pyrrole nitrogens is 1. The molecule has 0 fully saturated rings. The fourth-order valence-corrected chi connectivity index (χ4v) is 1.93. The Morgan fingerprint density at radius 1 is 1.23 bits per heavy atom. The topological polar surface area (TPSA) is 74.0 Å². The Bertz CT molecular complexity index is 759. The molecule has 0 saturated carbocycles. The number of pyridine rings is 1. The van der Waals surface area contributed by atoms with Gasteiger partial charge in [-0.25, -0.2) is 13.6 Å². The predicted octanol–water partition coefficient (Wildman–Crippen LogP) is 2.84. The minimum Gasteiger partial charge on any atom is -0.331 e. The summed E-state index contributed by atoms with van der Waals surface area (Å²) in [6, 6.07) is 3.76. The van der Waals surface area contributed by atoms with Crippen molar-refractivity contribution in [1.82, 2.24) is 10.3 Å². The Hall–Kier alpha value is -2.70. The quantitative estimate of drug-likeness (QED) is 0.815. The van der Waals surface area contributed by atoms with Crippen molar-refractivity contribution in [1.29, 1.82) is 0 Å². The van der Waals surface area contributed by atoms with Gasteiger partial charge in [-0.05, 0) is 37.1 Å². The number of benzene rings is 1. The van der Waals surface area contributed by atoms with Gasteiger partial charge in [-0.1, -0.05) is 6.07 Å². The number of carbonyl (C=O) groups is 1. The molecule has 1 atom stereocenters.